The van der Waals surface area contributed by atoms with E-state index in [1.54, 1.807) is 12.3 Å². The Morgan fingerprint density at radius 3 is 3.00 bits per heavy atom. The highest BCUT2D eigenvalue weighted by molar-refractivity contribution is 5.78. The molecule has 0 bridgehead atoms. The molecule has 14 heavy (non-hydrogen) atoms. The van der Waals surface area contributed by atoms with E-state index in [4.69, 9.17) is 8.94 Å². The van der Waals surface area contributed by atoms with Gasteiger partial charge in [0.05, 0.1) is 6.20 Å². The van der Waals surface area contributed by atoms with Crippen molar-refractivity contribution in [1.82, 2.24) is 10.1 Å². The van der Waals surface area contributed by atoms with E-state index in [0.29, 0.717) is 0 Å². The largest absolute Gasteiger partial charge is 0.443 e. The van der Waals surface area contributed by atoms with Crippen LogP contribution >= 0.6 is 0 Å². The Hall–Kier alpha value is -2.10. The summed E-state index contributed by atoms with van der Waals surface area (Å²) in [6.45, 7) is 0. The molecule has 0 fully saturated rings. The van der Waals surface area contributed by atoms with E-state index in [1.165, 1.54) is 6.39 Å². The van der Waals surface area contributed by atoms with E-state index < -0.39 is 0 Å². The molecule has 0 amide bonds. The van der Waals surface area contributed by atoms with Crippen molar-refractivity contribution >= 4 is 11.1 Å². The maximum Gasteiger partial charge on any atom is 0.181 e. The van der Waals surface area contributed by atoms with Gasteiger partial charge in [0.1, 0.15) is 5.52 Å². The summed E-state index contributed by atoms with van der Waals surface area (Å²) >= 11 is 0. The van der Waals surface area contributed by atoms with E-state index in [2.05, 4.69) is 10.1 Å². The third-order valence-corrected chi connectivity index (χ3v) is 2.05. The SMILES string of the molecule is c1cc(-c2ccc3ncoc3c2)on1. The minimum absolute atomic E-state index is 0.725. The quantitative estimate of drug-likeness (QED) is 0.585. The Morgan fingerprint density at radius 1 is 1.14 bits per heavy atom. The van der Waals surface area contributed by atoms with Gasteiger partial charge in [-0.3, -0.25) is 0 Å². The highest BCUT2D eigenvalue weighted by Crippen LogP contribution is 2.23. The third-order valence-electron chi connectivity index (χ3n) is 2.05. The number of aromatic nitrogens is 2. The van der Waals surface area contributed by atoms with Crippen LogP contribution in [0.5, 0.6) is 0 Å². The molecular weight excluding hydrogens is 180 g/mol. The van der Waals surface area contributed by atoms with Crippen LogP contribution in [0.2, 0.25) is 0 Å². The number of oxazole rings is 1. The second kappa shape index (κ2) is 2.70. The molecule has 2 aromatic heterocycles. The van der Waals surface area contributed by atoms with Crippen molar-refractivity contribution in [2.45, 2.75) is 0 Å². The zero-order valence-electron chi connectivity index (χ0n) is 7.18. The van der Waals surface area contributed by atoms with Gasteiger partial charge in [0, 0.05) is 11.6 Å². The predicted molar refractivity (Wildman–Crippen MR) is 49.5 cm³/mol. The summed E-state index contributed by atoms with van der Waals surface area (Å²) in [6.07, 6.45) is 3.04. The molecule has 0 atom stereocenters. The van der Waals surface area contributed by atoms with Crippen molar-refractivity contribution in [1.29, 1.82) is 0 Å². The average Bonchev–Trinajstić information content (AvgIpc) is 2.88. The average molecular weight is 186 g/mol. The highest BCUT2D eigenvalue weighted by atomic mass is 16.5. The first-order valence-electron chi connectivity index (χ1n) is 4.18. The van der Waals surface area contributed by atoms with E-state index in [1.807, 2.05) is 18.2 Å². The van der Waals surface area contributed by atoms with Crippen molar-refractivity contribution in [2.24, 2.45) is 0 Å². The fourth-order valence-electron chi connectivity index (χ4n) is 1.37. The second-order valence-electron chi connectivity index (χ2n) is 2.91. The molecule has 0 aliphatic rings. The topological polar surface area (TPSA) is 52.1 Å². The number of rotatable bonds is 1. The first-order valence-corrected chi connectivity index (χ1v) is 4.18. The lowest BCUT2D eigenvalue weighted by molar-refractivity contribution is 0.432. The minimum atomic E-state index is 0.725. The molecule has 4 heteroatoms. The van der Waals surface area contributed by atoms with Gasteiger partial charge in [-0.25, -0.2) is 4.98 Å². The first kappa shape index (κ1) is 7.32. The summed E-state index contributed by atoms with van der Waals surface area (Å²) in [5.74, 6) is 0.725. The smallest absolute Gasteiger partial charge is 0.181 e. The lowest BCUT2D eigenvalue weighted by Gasteiger charge is -1.93. The lowest BCUT2D eigenvalue weighted by Crippen LogP contribution is -1.73. The summed E-state index contributed by atoms with van der Waals surface area (Å²) < 4.78 is 10.2. The van der Waals surface area contributed by atoms with Gasteiger partial charge < -0.3 is 8.94 Å². The van der Waals surface area contributed by atoms with E-state index in [0.717, 1.165) is 22.4 Å². The normalized spacial score (nSPS) is 10.9. The molecule has 3 aromatic rings. The van der Waals surface area contributed by atoms with Gasteiger partial charge in [0.25, 0.3) is 0 Å². The van der Waals surface area contributed by atoms with Gasteiger partial charge in [-0.1, -0.05) is 5.16 Å². The van der Waals surface area contributed by atoms with Crippen LogP contribution in [0.3, 0.4) is 0 Å². The molecule has 0 aliphatic carbocycles. The van der Waals surface area contributed by atoms with Crippen molar-refractivity contribution in [2.75, 3.05) is 0 Å². The van der Waals surface area contributed by atoms with Crippen LogP contribution in [-0.4, -0.2) is 10.1 Å². The second-order valence-corrected chi connectivity index (χ2v) is 2.91. The molecule has 0 N–H and O–H groups in total. The number of benzene rings is 1. The number of nitrogens with zero attached hydrogens (tertiary/aromatic N) is 2. The Morgan fingerprint density at radius 2 is 2.14 bits per heavy atom. The van der Waals surface area contributed by atoms with Gasteiger partial charge >= 0.3 is 0 Å². The molecule has 4 nitrogen and oxygen atoms in total. The molecule has 68 valence electrons. The van der Waals surface area contributed by atoms with Crippen molar-refractivity contribution in [3.8, 4) is 11.3 Å². The molecule has 0 aliphatic heterocycles. The molecule has 0 saturated carbocycles. The molecule has 0 radical (unpaired) electrons. The van der Waals surface area contributed by atoms with Crippen LogP contribution in [0, 0.1) is 0 Å². The Bertz CT molecular complexity index is 554. The molecule has 1 aromatic carbocycles. The monoisotopic (exact) mass is 186 g/mol. The van der Waals surface area contributed by atoms with Crippen LogP contribution < -0.4 is 0 Å². The van der Waals surface area contributed by atoms with Crippen molar-refractivity contribution in [3.63, 3.8) is 0 Å². The maximum atomic E-state index is 5.18. The Labute approximate surface area is 79.1 Å². The molecule has 3 rings (SSSR count). The van der Waals surface area contributed by atoms with E-state index in [-0.39, 0.29) is 0 Å². The zero-order chi connectivity index (χ0) is 9.38. The van der Waals surface area contributed by atoms with Crippen LogP contribution in [0.15, 0.2) is 45.8 Å². The van der Waals surface area contributed by atoms with Gasteiger partial charge in [-0.15, -0.1) is 0 Å². The summed E-state index contributed by atoms with van der Waals surface area (Å²) in [7, 11) is 0. The fourth-order valence-corrected chi connectivity index (χ4v) is 1.37. The van der Waals surface area contributed by atoms with Crippen molar-refractivity contribution < 1.29 is 8.94 Å². The van der Waals surface area contributed by atoms with E-state index >= 15 is 0 Å². The van der Waals surface area contributed by atoms with E-state index in [9.17, 15) is 0 Å². The van der Waals surface area contributed by atoms with Crippen LogP contribution in [-0.2, 0) is 0 Å². The third kappa shape index (κ3) is 1.01. The van der Waals surface area contributed by atoms with Crippen molar-refractivity contribution in [3.05, 3.63) is 36.9 Å². The minimum Gasteiger partial charge on any atom is -0.443 e. The molecular formula is C10H6N2O2. The first-order chi connectivity index (χ1) is 6.93. The maximum absolute atomic E-state index is 5.18. The van der Waals surface area contributed by atoms with Gasteiger partial charge in [-0.2, -0.15) is 0 Å². The van der Waals surface area contributed by atoms with Crippen LogP contribution in [0.1, 0.15) is 0 Å². The number of hydrogen-bond donors (Lipinski definition) is 0. The zero-order valence-corrected chi connectivity index (χ0v) is 7.18. The Balaban J connectivity index is 2.23. The van der Waals surface area contributed by atoms with Crippen LogP contribution in [0.4, 0.5) is 0 Å². The molecule has 0 saturated heterocycles. The van der Waals surface area contributed by atoms with Crippen LogP contribution in [0.25, 0.3) is 22.4 Å². The summed E-state index contributed by atoms with van der Waals surface area (Å²) in [4.78, 5) is 4.03. The van der Waals surface area contributed by atoms with Gasteiger partial charge in [0.2, 0.25) is 0 Å². The fraction of sp³-hybridized carbons (Fsp3) is 0. The highest BCUT2D eigenvalue weighted by Gasteiger charge is 2.04. The molecule has 0 spiro atoms. The molecule has 2 heterocycles. The summed E-state index contributed by atoms with van der Waals surface area (Å²) in [5, 5.41) is 3.65. The lowest BCUT2D eigenvalue weighted by atomic mass is 10.1. The molecule has 0 unspecified atom stereocenters. The summed E-state index contributed by atoms with van der Waals surface area (Å²) in [6, 6.07) is 7.49. The summed E-state index contributed by atoms with van der Waals surface area (Å²) in [5.41, 5.74) is 2.53. The predicted octanol–water partition coefficient (Wildman–Crippen LogP) is 2.48. The number of fused-ring (bicyclic) bond motifs is 1. The van der Waals surface area contributed by atoms with Gasteiger partial charge in [0.15, 0.2) is 17.7 Å². The Kier molecular flexibility index (Phi) is 1.41. The standard InChI is InChI=1S/C10H6N2O2/c1-2-8-10(13-6-11-8)5-7(1)9-3-4-12-14-9/h1-6H. The number of hydrogen-bond acceptors (Lipinski definition) is 4. The van der Waals surface area contributed by atoms with Gasteiger partial charge in [-0.05, 0) is 18.2 Å².